The van der Waals surface area contributed by atoms with Crippen molar-refractivity contribution < 1.29 is 0 Å². The fourth-order valence-corrected chi connectivity index (χ4v) is 9.36. The van der Waals surface area contributed by atoms with Gasteiger partial charge in [0, 0.05) is 34.2 Å². The van der Waals surface area contributed by atoms with E-state index in [4.69, 9.17) is 0 Å². The topological polar surface area (TPSA) is 72.2 Å². The van der Waals surface area contributed by atoms with E-state index in [2.05, 4.69) is 87.3 Å². The lowest BCUT2D eigenvalue weighted by atomic mass is 9.79. The van der Waals surface area contributed by atoms with Crippen LogP contribution in [0.15, 0.2) is 0 Å². The molecule has 0 bridgehead atoms. The minimum Gasteiger partial charge on any atom is -0.317 e. The summed E-state index contributed by atoms with van der Waals surface area (Å²) >= 11 is 0. The van der Waals surface area contributed by atoms with Crippen molar-refractivity contribution in [3.8, 4) is 0 Å². The van der Waals surface area contributed by atoms with E-state index in [9.17, 15) is 0 Å². The van der Waals surface area contributed by atoms with Crippen LogP contribution in [0.2, 0.25) is 0 Å². The first-order valence-corrected chi connectivity index (χ1v) is 19.2. The second kappa shape index (κ2) is 18.3. The molecule has 44 heavy (non-hydrogen) atoms. The summed E-state index contributed by atoms with van der Waals surface area (Å²) < 4.78 is 0. The van der Waals surface area contributed by atoms with Crippen LogP contribution in [0.1, 0.15) is 158 Å². The van der Waals surface area contributed by atoms with Crippen LogP contribution in [0, 0.1) is 11.8 Å². The van der Waals surface area contributed by atoms with Gasteiger partial charge in [-0.3, -0.25) is 0 Å². The molecule has 6 heteroatoms. The highest BCUT2D eigenvalue weighted by Gasteiger charge is 2.38. The van der Waals surface area contributed by atoms with Gasteiger partial charge in [0.2, 0.25) is 0 Å². The van der Waals surface area contributed by atoms with Gasteiger partial charge >= 0.3 is 0 Å². The molecule has 0 radical (unpaired) electrons. The maximum absolute atomic E-state index is 3.83. The Bertz CT molecular complexity index is 669. The highest BCUT2D eigenvalue weighted by molar-refractivity contribution is 5.00. The molecule has 0 saturated carbocycles. The third kappa shape index (κ3) is 16.0. The molecule has 4 rings (SSSR count). The predicted octanol–water partition coefficient (Wildman–Crippen LogP) is 6.89. The number of piperidine rings is 4. The molecule has 0 aromatic rings. The van der Waals surface area contributed by atoms with E-state index in [1.165, 1.54) is 142 Å². The van der Waals surface area contributed by atoms with Gasteiger partial charge in [-0.05, 0) is 171 Å². The predicted molar refractivity (Wildman–Crippen MR) is 193 cm³/mol. The van der Waals surface area contributed by atoms with Crippen LogP contribution in [-0.2, 0) is 0 Å². The second-order valence-corrected chi connectivity index (χ2v) is 18.0. The van der Waals surface area contributed by atoms with E-state index >= 15 is 0 Å². The van der Waals surface area contributed by atoms with E-state index in [-0.39, 0.29) is 22.2 Å². The number of unbranched alkanes of at least 4 members (excludes halogenated alkanes) is 4. The van der Waals surface area contributed by atoms with Crippen LogP contribution < -0.4 is 31.9 Å². The third-order valence-electron chi connectivity index (χ3n) is 10.7. The van der Waals surface area contributed by atoms with Crippen LogP contribution in [0.4, 0.5) is 0 Å². The summed E-state index contributed by atoms with van der Waals surface area (Å²) in [7, 11) is 0. The molecule has 0 spiro atoms. The van der Waals surface area contributed by atoms with Gasteiger partial charge in [0.25, 0.3) is 0 Å². The standard InChI is InChI=1S/C24H50N4.C14H28N2/c1-21(2)15-19(16-22(3,4)27-21)25-13-11-9-10-12-14-26-20-17-23(5,6)28-24(7,8)18-20;1(3-13-5-9-15-10-6-13)2-4-14-7-11-16-12-8-14/h19-20,25-28H,9-18H2,1-8H3;13-16H,1-12H2. The largest absolute Gasteiger partial charge is 0.317 e. The lowest BCUT2D eigenvalue weighted by Crippen LogP contribution is -2.61. The van der Waals surface area contributed by atoms with E-state index in [0.717, 1.165) is 11.8 Å². The Kier molecular flexibility index (Phi) is 15.9. The van der Waals surface area contributed by atoms with Crippen molar-refractivity contribution >= 4 is 0 Å². The van der Waals surface area contributed by atoms with Crippen molar-refractivity contribution in [3.05, 3.63) is 0 Å². The van der Waals surface area contributed by atoms with Crippen LogP contribution in [0.3, 0.4) is 0 Å². The highest BCUT2D eigenvalue weighted by atomic mass is 15.1. The van der Waals surface area contributed by atoms with Crippen LogP contribution in [0.25, 0.3) is 0 Å². The van der Waals surface area contributed by atoms with Crippen molar-refractivity contribution in [3.63, 3.8) is 0 Å². The minimum absolute atomic E-state index is 0.239. The normalized spacial score (nSPS) is 26.2. The molecule has 4 heterocycles. The van der Waals surface area contributed by atoms with E-state index < -0.39 is 0 Å². The van der Waals surface area contributed by atoms with Gasteiger partial charge in [-0.25, -0.2) is 0 Å². The Balaban J connectivity index is 0.000000278. The van der Waals surface area contributed by atoms with Crippen molar-refractivity contribution in [2.24, 2.45) is 11.8 Å². The summed E-state index contributed by atoms with van der Waals surface area (Å²) in [5, 5.41) is 22.1. The minimum atomic E-state index is 0.239. The smallest absolute Gasteiger partial charge is 0.0144 e. The second-order valence-electron chi connectivity index (χ2n) is 18.0. The molecule has 4 aliphatic rings. The highest BCUT2D eigenvalue weighted by Crippen LogP contribution is 2.30. The molecule has 0 aromatic heterocycles. The van der Waals surface area contributed by atoms with Crippen LogP contribution in [0.5, 0.6) is 0 Å². The molecule has 4 saturated heterocycles. The molecule has 260 valence electrons. The molecule has 0 atom stereocenters. The molecule has 0 aliphatic carbocycles. The van der Waals surface area contributed by atoms with Crippen molar-refractivity contribution in [1.29, 1.82) is 0 Å². The maximum Gasteiger partial charge on any atom is 0.0144 e. The zero-order valence-corrected chi connectivity index (χ0v) is 30.9. The van der Waals surface area contributed by atoms with Crippen LogP contribution in [-0.4, -0.2) is 73.5 Å². The molecule has 4 fully saturated rings. The number of hydrogen-bond donors (Lipinski definition) is 6. The first-order chi connectivity index (χ1) is 20.7. The summed E-state index contributed by atoms with van der Waals surface area (Å²) in [6, 6.07) is 1.30. The van der Waals surface area contributed by atoms with E-state index in [1.807, 2.05) is 0 Å². The maximum atomic E-state index is 3.83. The van der Waals surface area contributed by atoms with Gasteiger partial charge < -0.3 is 31.9 Å². The Morgan fingerprint density at radius 2 is 0.773 bits per heavy atom. The molecule has 6 nitrogen and oxygen atoms in total. The quantitative estimate of drug-likeness (QED) is 0.119. The molecular formula is C38H78N6. The van der Waals surface area contributed by atoms with Gasteiger partial charge in [-0.2, -0.15) is 0 Å². The van der Waals surface area contributed by atoms with Gasteiger partial charge in [-0.1, -0.05) is 38.5 Å². The Hall–Kier alpha value is -0.240. The molecule has 0 amide bonds. The summed E-state index contributed by atoms with van der Waals surface area (Å²) in [5.74, 6) is 2.07. The van der Waals surface area contributed by atoms with Crippen molar-refractivity contribution in [2.75, 3.05) is 39.3 Å². The average molecular weight is 619 g/mol. The third-order valence-corrected chi connectivity index (χ3v) is 10.7. The van der Waals surface area contributed by atoms with Gasteiger partial charge in [0.1, 0.15) is 0 Å². The lowest BCUT2D eigenvalue weighted by molar-refractivity contribution is 0.145. The zero-order chi connectivity index (χ0) is 32.1. The van der Waals surface area contributed by atoms with Crippen molar-refractivity contribution in [2.45, 2.75) is 192 Å². The van der Waals surface area contributed by atoms with Gasteiger partial charge in [0.15, 0.2) is 0 Å². The van der Waals surface area contributed by atoms with E-state index in [1.54, 1.807) is 0 Å². The molecular weight excluding hydrogens is 540 g/mol. The lowest BCUT2D eigenvalue weighted by Gasteiger charge is -2.47. The number of nitrogens with one attached hydrogen (secondary N) is 6. The summed E-state index contributed by atoms with van der Waals surface area (Å²) in [6.45, 7) is 26.1. The molecule has 6 N–H and O–H groups in total. The van der Waals surface area contributed by atoms with Gasteiger partial charge in [-0.15, -0.1) is 0 Å². The summed E-state index contributed by atoms with van der Waals surface area (Å²) in [4.78, 5) is 0. The first-order valence-electron chi connectivity index (χ1n) is 19.2. The van der Waals surface area contributed by atoms with Crippen LogP contribution >= 0.6 is 0 Å². The Morgan fingerprint density at radius 1 is 0.455 bits per heavy atom. The molecule has 4 aliphatic heterocycles. The van der Waals surface area contributed by atoms with E-state index in [0.29, 0.717) is 12.1 Å². The molecule has 0 aromatic carbocycles. The monoisotopic (exact) mass is 619 g/mol. The summed E-state index contributed by atoms with van der Waals surface area (Å²) in [6.07, 6.45) is 21.8. The number of rotatable bonds is 14. The fraction of sp³-hybridized carbons (Fsp3) is 1.00. The zero-order valence-electron chi connectivity index (χ0n) is 30.9. The average Bonchev–Trinajstić information content (AvgIpc) is 2.91. The molecule has 0 unspecified atom stereocenters. The summed E-state index contributed by atoms with van der Waals surface area (Å²) in [5.41, 5.74) is 0.956. The number of hydrogen-bond acceptors (Lipinski definition) is 6. The Labute approximate surface area is 275 Å². The fourth-order valence-electron chi connectivity index (χ4n) is 9.36. The Morgan fingerprint density at radius 3 is 1.09 bits per heavy atom. The first kappa shape index (κ1) is 38.2. The van der Waals surface area contributed by atoms with Gasteiger partial charge in [0.05, 0.1) is 0 Å². The SMILES string of the molecule is C(CCC1CCNCC1)CC1CCNCC1.CC1(C)CC(NCCCCCCNC2CC(C)(C)NC(C)(C)C2)CC(C)(C)N1. The van der Waals surface area contributed by atoms with Crippen molar-refractivity contribution in [1.82, 2.24) is 31.9 Å².